The van der Waals surface area contributed by atoms with Crippen LogP contribution in [0, 0.1) is 0 Å². The number of hydrogen-bond donors (Lipinski definition) is 0. The monoisotopic (exact) mass is 206 g/mol. The average molecular weight is 207 g/mol. The summed E-state index contributed by atoms with van der Waals surface area (Å²) in [6, 6.07) is 7.08. The van der Waals surface area contributed by atoms with Gasteiger partial charge in [0, 0.05) is 10.0 Å². The lowest BCUT2D eigenvalue weighted by Gasteiger charge is -1.86. The molecule has 0 aromatic heterocycles. The molecule has 0 nitrogen and oxygen atoms in total. The summed E-state index contributed by atoms with van der Waals surface area (Å²) in [6.45, 7) is 0. The van der Waals surface area contributed by atoms with Gasteiger partial charge in [-0.3, -0.25) is 14.1 Å². The molecule has 0 aliphatic carbocycles. The summed E-state index contributed by atoms with van der Waals surface area (Å²) in [6.07, 6.45) is 0. The molecular formula is C6H7Cl2F3. The second-order valence-corrected chi connectivity index (χ2v) is 2.31. The van der Waals surface area contributed by atoms with Crippen molar-refractivity contribution in [3.8, 4) is 0 Å². The fourth-order valence-electron chi connectivity index (χ4n) is 0.460. The Morgan fingerprint density at radius 3 is 1.36 bits per heavy atom. The van der Waals surface area contributed by atoms with Crippen LogP contribution in [0.1, 0.15) is 0 Å². The van der Waals surface area contributed by atoms with Crippen molar-refractivity contribution < 1.29 is 14.1 Å². The lowest BCUT2D eigenvalue weighted by atomic mass is 10.4. The Labute approximate surface area is 72.2 Å². The van der Waals surface area contributed by atoms with Crippen molar-refractivity contribution in [1.82, 2.24) is 0 Å². The Hall–Kier alpha value is -0.410. The van der Waals surface area contributed by atoms with Crippen molar-refractivity contribution in [3.63, 3.8) is 0 Å². The zero-order chi connectivity index (χ0) is 5.98. The highest BCUT2D eigenvalue weighted by Crippen LogP contribution is 2.13. The van der Waals surface area contributed by atoms with Crippen molar-refractivity contribution in [1.29, 1.82) is 0 Å². The zero-order valence-electron chi connectivity index (χ0n) is 5.29. The summed E-state index contributed by atoms with van der Waals surface area (Å²) in [5.74, 6) is 0. The molecule has 0 bridgehead atoms. The molecule has 0 fully saturated rings. The maximum absolute atomic E-state index is 5.56. The van der Waals surface area contributed by atoms with E-state index in [4.69, 9.17) is 23.2 Å². The summed E-state index contributed by atoms with van der Waals surface area (Å²) >= 11 is 11.1. The molecule has 0 saturated heterocycles. The summed E-state index contributed by atoms with van der Waals surface area (Å²) < 4.78 is 0. The van der Waals surface area contributed by atoms with Gasteiger partial charge in [-0.15, -0.1) is 0 Å². The maximum atomic E-state index is 5.56. The van der Waals surface area contributed by atoms with Gasteiger partial charge in [-0.25, -0.2) is 0 Å². The standard InChI is InChI=1S/C6H4Cl2.3FH/c7-5-2-1-3-6(8)4-5;;;/h1-4H;3*1H. The first-order chi connectivity index (χ1) is 3.79. The first-order valence-electron chi connectivity index (χ1n) is 2.20. The molecule has 0 amide bonds. The zero-order valence-corrected chi connectivity index (χ0v) is 6.80. The van der Waals surface area contributed by atoms with E-state index in [9.17, 15) is 0 Å². The van der Waals surface area contributed by atoms with Crippen LogP contribution >= 0.6 is 23.2 Å². The van der Waals surface area contributed by atoms with Gasteiger partial charge in [0.2, 0.25) is 0 Å². The normalized spacial score (nSPS) is 6.73. The van der Waals surface area contributed by atoms with Crippen LogP contribution in [0.25, 0.3) is 0 Å². The summed E-state index contributed by atoms with van der Waals surface area (Å²) in [5.41, 5.74) is 0. The van der Waals surface area contributed by atoms with Gasteiger partial charge in [0.25, 0.3) is 0 Å². The Morgan fingerprint density at radius 2 is 1.18 bits per heavy atom. The fraction of sp³-hybridized carbons (Fsp3) is 0. The fourth-order valence-corrected chi connectivity index (χ4v) is 0.896. The van der Waals surface area contributed by atoms with E-state index in [1.54, 1.807) is 18.2 Å². The third-order valence-electron chi connectivity index (χ3n) is 0.787. The summed E-state index contributed by atoms with van der Waals surface area (Å²) in [7, 11) is 0. The van der Waals surface area contributed by atoms with Crippen LogP contribution in [0.4, 0.5) is 14.1 Å². The highest BCUT2D eigenvalue weighted by atomic mass is 35.5. The van der Waals surface area contributed by atoms with Gasteiger partial charge in [-0.2, -0.15) is 0 Å². The molecule has 0 aliphatic heterocycles. The lowest BCUT2D eigenvalue weighted by Crippen LogP contribution is -1.61. The second-order valence-electron chi connectivity index (χ2n) is 1.44. The van der Waals surface area contributed by atoms with Crippen LogP contribution in [0.5, 0.6) is 0 Å². The number of rotatable bonds is 0. The lowest BCUT2D eigenvalue weighted by molar-refractivity contribution is 1.11. The van der Waals surface area contributed by atoms with Crippen LogP contribution in [-0.2, 0) is 0 Å². The quantitative estimate of drug-likeness (QED) is 0.611. The molecule has 0 N–H and O–H groups in total. The molecule has 0 saturated carbocycles. The number of hydrogen-bond acceptors (Lipinski definition) is 0. The SMILES string of the molecule is Clc1cccc(Cl)c1.F.F.F. The van der Waals surface area contributed by atoms with Gasteiger partial charge in [0.15, 0.2) is 0 Å². The topological polar surface area (TPSA) is 0 Å². The first-order valence-corrected chi connectivity index (χ1v) is 2.96. The minimum atomic E-state index is 0. The average Bonchev–Trinajstić information content (AvgIpc) is 1.64. The van der Waals surface area contributed by atoms with Crippen molar-refractivity contribution in [3.05, 3.63) is 34.3 Å². The molecule has 0 heterocycles. The Balaban J connectivity index is -0.000000213. The van der Waals surface area contributed by atoms with Crippen molar-refractivity contribution >= 4 is 23.2 Å². The Kier molecular flexibility index (Phi) is 11.8. The Morgan fingerprint density at radius 1 is 0.818 bits per heavy atom. The minimum Gasteiger partial charge on any atom is -0.269 e. The van der Waals surface area contributed by atoms with Gasteiger partial charge in [0.05, 0.1) is 0 Å². The number of halogens is 5. The van der Waals surface area contributed by atoms with E-state index >= 15 is 0 Å². The second kappa shape index (κ2) is 7.69. The van der Waals surface area contributed by atoms with Crippen LogP contribution in [-0.4, -0.2) is 0 Å². The third kappa shape index (κ3) is 6.01. The molecule has 0 aliphatic rings. The molecule has 11 heavy (non-hydrogen) atoms. The smallest absolute Gasteiger partial charge is 0.0420 e. The molecule has 1 rings (SSSR count). The van der Waals surface area contributed by atoms with Crippen LogP contribution < -0.4 is 0 Å². The van der Waals surface area contributed by atoms with Crippen molar-refractivity contribution in [2.75, 3.05) is 0 Å². The maximum Gasteiger partial charge on any atom is 0.0420 e. The molecule has 5 heteroatoms. The minimum absolute atomic E-state index is 0. The van der Waals surface area contributed by atoms with Gasteiger partial charge in [0.1, 0.15) is 0 Å². The van der Waals surface area contributed by atoms with E-state index in [1.807, 2.05) is 6.07 Å². The van der Waals surface area contributed by atoms with E-state index in [0.29, 0.717) is 10.0 Å². The number of benzene rings is 1. The van der Waals surface area contributed by atoms with Crippen LogP contribution in [0.15, 0.2) is 24.3 Å². The third-order valence-corrected chi connectivity index (χ3v) is 1.26. The molecular weight excluding hydrogens is 200 g/mol. The molecule has 0 radical (unpaired) electrons. The molecule has 0 unspecified atom stereocenters. The van der Waals surface area contributed by atoms with Crippen molar-refractivity contribution in [2.24, 2.45) is 0 Å². The largest absolute Gasteiger partial charge is 0.269 e. The van der Waals surface area contributed by atoms with Gasteiger partial charge >= 0.3 is 0 Å². The first kappa shape index (κ1) is 16.9. The predicted molar refractivity (Wildman–Crippen MR) is 44.0 cm³/mol. The van der Waals surface area contributed by atoms with E-state index in [-0.39, 0.29) is 14.1 Å². The summed E-state index contributed by atoms with van der Waals surface area (Å²) in [4.78, 5) is 0. The highest BCUT2D eigenvalue weighted by Gasteiger charge is 1.84. The predicted octanol–water partition coefficient (Wildman–Crippen LogP) is 3.45. The van der Waals surface area contributed by atoms with Gasteiger partial charge in [-0.05, 0) is 18.2 Å². The summed E-state index contributed by atoms with van der Waals surface area (Å²) in [5, 5.41) is 1.36. The van der Waals surface area contributed by atoms with E-state index < -0.39 is 0 Å². The highest BCUT2D eigenvalue weighted by molar-refractivity contribution is 6.34. The molecule has 0 spiro atoms. The van der Waals surface area contributed by atoms with Crippen LogP contribution in [0.3, 0.4) is 0 Å². The Bertz CT molecular complexity index is 176. The molecule has 1 aromatic carbocycles. The van der Waals surface area contributed by atoms with Gasteiger partial charge < -0.3 is 0 Å². The van der Waals surface area contributed by atoms with E-state index in [0.717, 1.165) is 0 Å². The molecule has 1 aromatic rings. The molecule has 66 valence electrons. The van der Waals surface area contributed by atoms with Gasteiger partial charge in [-0.1, -0.05) is 29.3 Å². The van der Waals surface area contributed by atoms with Crippen LogP contribution in [0.2, 0.25) is 10.0 Å². The van der Waals surface area contributed by atoms with E-state index in [1.165, 1.54) is 0 Å². The van der Waals surface area contributed by atoms with E-state index in [2.05, 4.69) is 0 Å². The van der Waals surface area contributed by atoms with Crippen molar-refractivity contribution in [2.45, 2.75) is 0 Å². The molecule has 0 atom stereocenters.